The number of anilines is 2. The zero-order chi connectivity index (χ0) is 27.9. The molecule has 0 aromatic heterocycles. The quantitative estimate of drug-likeness (QED) is 0.128. The first-order valence-corrected chi connectivity index (χ1v) is 12.6. The Morgan fingerprint density at radius 2 is 1.59 bits per heavy atom. The molecule has 0 saturated carbocycles. The largest absolute Gasteiger partial charge is 0.478 e. The zero-order valence-electron chi connectivity index (χ0n) is 20.7. The molecule has 1 unspecified atom stereocenters. The number of nitrogens with one attached hydrogen (secondary N) is 2. The molecule has 9 nitrogen and oxygen atoms in total. The molecular weight excluding hydrogens is 518 g/mol. The van der Waals surface area contributed by atoms with E-state index in [2.05, 4.69) is 10.6 Å². The number of nitro groups is 1. The number of carboxylic acid groups (broad SMARTS) is 1. The first kappa shape index (κ1) is 27.1. The van der Waals surface area contributed by atoms with E-state index < -0.39 is 22.0 Å². The van der Waals surface area contributed by atoms with Crippen LogP contribution in [0.4, 0.5) is 17.1 Å². The summed E-state index contributed by atoms with van der Waals surface area (Å²) in [5, 5.41) is 25.3. The lowest BCUT2D eigenvalue weighted by atomic mass is 10.1. The van der Waals surface area contributed by atoms with Gasteiger partial charge in [0, 0.05) is 34.0 Å². The molecule has 4 rings (SSSR count). The summed E-state index contributed by atoms with van der Waals surface area (Å²) < 4.78 is 0. The first-order valence-electron chi connectivity index (χ1n) is 11.7. The molecule has 0 radical (unpaired) electrons. The van der Waals surface area contributed by atoms with Gasteiger partial charge in [0.25, 0.3) is 11.6 Å². The van der Waals surface area contributed by atoms with E-state index in [1.54, 1.807) is 37.3 Å². The molecule has 10 heteroatoms. The van der Waals surface area contributed by atoms with Crippen molar-refractivity contribution in [2.75, 3.05) is 10.6 Å². The van der Waals surface area contributed by atoms with Crippen molar-refractivity contribution in [1.29, 1.82) is 0 Å². The molecule has 2 amide bonds. The van der Waals surface area contributed by atoms with Crippen LogP contribution in [0.2, 0.25) is 0 Å². The highest BCUT2D eigenvalue weighted by atomic mass is 32.2. The molecular formula is C29H23N3O6S. The summed E-state index contributed by atoms with van der Waals surface area (Å²) in [5.74, 6) is -1.95. The second kappa shape index (κ2) is 12.1. The second-order valence-corrected chi connectivity index (χ2v) is 9.70. The minimum Gasteiger partial charge on any atom is -0.478 e. The highest BCUT2D eigenvalue weighted by molar-refractivity contribution is 8.00. The number of hydrogen-bond acceptors (Lipinski definition) is 6. The molecule has 1 atom stereocenters. The maximum atomic E-state index is 13.5. The summed E-state index contributed by atoms with van der Waals surface area (Å²) in [6.45, 7) is 1.78. The lowest BCUT2D eigenvalue weighted by Gasteiger charge is -2.19. The Morgan fingerprint density at radius 3 is 2.31 bits per heavy atom. The monoisotopic (exact) mass is 541 g/mol. The van der Waals surface area contributed by atoms with Crippen molar-refractivity contribution in [2.24, 2.45) is 0 Å². The topological polar surface area (TPSA) is 139 Å². The molecule has 0 spiro atoms. The predicted molar refractivity (Wildman–Crippen MR) is 149 cm³/mol. The van der Waals surface area contributed by atoms with E-state index in [9.17, 15) is 29.6 Å². The Bertz CT molecular complexity index is 1560. The zero-order valence-corrected chi connectivity index (χ0v) is 21.5. The molecule has 4 aromatic carbocycles. The fraction of sp³-hybridized carbons (Fsp3) is 0.0690. The molecule has 0 saturated heterocycles. The van der Waals surface area contributed by atoms with Crippen LogP contribution in [0.1, 0.15) is 37.1 Å². The van der Waals surface area contributed by atoms with Crippen LogP contribution in [0.5, 0.6) is 0 Å². The smallest absolute Gasteiger partial charge is 0.335 e. The Hall–Kier alpha value is -4.96. The van der Waals surface area contributed by atoms with Gasteiger partial charge >= 0.3 is 5.97 Å². The third kappa shape index (κ3) is 6.88. The molecule has 0 aliphatic heterocycles. The number of carboxylic acids is 1. The van der Waals surface area contributed by atoms with Gasteiger partial charge in [-0.1, -0.05) is 48.5 Å². The molecule has 3 N–H and O–H groups in total. The van der Waals surface area contributed by atoms with Crippen molar-refractivity contribution in [3.05, 3.63) is 129 Å². The number of nitrogens with zero attached hydrogens (tertiary/aromatic N) is 1. The first-order chi connectivity index (χ1) is 18.7. The molecule has 0 heterocycles. The van der Waals surface area contributed by atoms with Crippen LogP contribution in [0.15, 0.2) is 102 Å². The number of aromatic carboxylic acids is 1. The fourth-order valence-electron chi connectivity index (χ4n) is 3.74. The number of nitro benzene ring substituents is 1. The summed E-state index contributed by atoms with van der Waals surface area (Å²) in [7, 11) is 0. The van der Waals surface area contributed by atoms with Gasteiger partial charge in [-0.25, -0.2) is 4.79 Å². The number of rotatable bonds is 9. The number of carbonyl (C=O) groups is 3. The number of benzene rings is 4. The Balaban J connectivity index is 1.57. The maximum Gasteiger partial charge on any atom is 0.335 e. The highest BCUT2D eigenvalue weighted by Crippen LogP contribution is 2.37. The third-order valence-corrected chi connectivity index (χ3v) is 7.00. The van der Waals surface area contributed by atoms with Gasteiger partial charge in [-0.15, -0.1) is 11.8 Å². The summed E-state index contributed by atoms with van der Waals surface area (Å²) in [4.78, 5) is 48.8. The van der Waals surface area contributed by atoms with Crippen molar-refractivity contribution in [2.45, 2.75) is 17.1 Å². The Kier molecular flexibility index (Phi) is 8.37. The summed E-state index contributed by atoms with van der Waals surface area (Å²) in [6.07, 6.45) is 0. The molecule has 0 bridgehead atoms. The Labute approximate surface area is 228 Å². The van der Waals surface area contributed by atoms with Gasteiger partial charge in [0.05, 0.1) is 10.5 Å². The van der Waals surface area contributed by atoms with Crippen LogP contribution >= 0.6 is 11.8 Å². The number of hydrogen-bond donors (Lipinski definition) is 3. The molecule has 0 aliphatic carbocycles. The van der Waals surface area contributed by atoms with E-state index in [0.29, 0.717) is 16.3 Å². The van der Waals surface area contributed by atoms with Gasteiger partial charge < -0.3 is 15.7 Å². The minimum absolute atomic E-state index is 0.0620. The van der Waals surface area contributed by atoms with Crippen LogP contribution in [-0.2, 0) is 4.79 Å². The van der Waals surface area contributed by atoms with Gasteiger partial charge in [-0.2, -0.15) is 0 Å². The number of non-ortho nitro benzene ring substituents is 1. The van der Waals surface area contributed by atoms with Crippen molar-refractivity contribution in [3.8, 4) is 0 Å². The van der Waals surface area contributed by atoms with Gasteiger partial charge in [-0.3, -0.25) is 19.7 Å². The number of aryl methyl sites for hydroxylation is 1. The lowest BCUT2D eigenvalue weighted by molar-refractivity contribution is -0.384. The molecule has 196 valence electrons. The number of carbonyl (C=O) groups excluding carboxylic acids is 2. The standard InChI is InChI=1S/C29H23N3O6S/c1-18-13-14-21(29(35)36)16-25(18)31-28(34)26(19-7-3-2-4-8-19)39-24-12-6-10-22(17-24)30-27(33)20-9-5-11-23(15-20)32(37)38/h2-17,26H,1H3,(H,30,33)(H,31,34)(H,35,36). The van der Waals surface area contributed by atoms with Gasteiger partial charge in [-0.05, 0) is 54.4 Å². The van der Waals surface area contributed by atoms with Gasteiger partial charge in [0.2, 0.25) is 5.91 Å². The molecule has 0 aliphatic rings. The average Bonchev–Trinajstić information content (AvgIpc) is 2.93. The Morgan fingerprint density at radius 1 is 0.846 bits per heavy atom. The average molecular weight is 542 g/mol. The lowest BCUT2D eigenvalue weighted by Crippen LogP contribution is -2.20. The second-order valence-electron chi connectivity index (χ2n) is 8.52. The summed E-state index contributed by atoms with van der Waals surface area (Å²) in [5.41, 5.74) is 2.32. The molecule has 39 heavy (non-hydrogen) atoms. The predicted octanol–water partition coefficient (Wildman–Crippen LogP) is 6.33. The van der Waals surface area contributed by atoms with Gasteiger partial charge in [0.15, 0.2) is 0 Å². The van der Waals surface area contributed by atoms with Crippen molar-refractivity contribution < 1.29 is 24.4 Å². The fourth-order valence-corrected chi connectivity index (χ4v) is 4.82. The van der Waals surface area contributed by atoms with E-state index in [0.717, 1.165) is 11.1 Å². The van der Waals surface area contributed by atoms with E-state index in [4.69, 9.17) is 0 Å². The summed E-state index contributed by atoms with van der Waals surface area (Å²) in [6, 6.07) is 26.0. The maximum absolute atomic E-state index is 13.5. The number of amides is 2. The van der Waals surface area contributed by atoms with E-state index in [1.807, 2.05) is 30.3 Å². The van der Waals surface area contributed by atoms with Crippen LogP contribution in [0, 0.1) is 17.0 Å². The highest BCUT2D eigenvalue weighted by Gasteiger charge is 2.23. The molecule has 4 aromatic rings. The SMILES string of the molecule is Cc1ccc(C(=O)O)cc1NC(=O)C(Sc1cccc(NC(=O)c2cccc([N+](=O)[O-])c2)c1)c1ccccc1. The van der Waals surface area contributed by atoms with Crippen LogP contribution < -0.4 is 10.6 Å². The summed E-state index contributed by atoms with van der Waals surface area (Å²) >= 11 is 1.26. The molecule has 0 fully saturated rings. The number of thioether (sulfide) groups is 1. The van der Waals surface area contributed by atoms with Crippen LogP contribution in [0.3, 0.4) is 0 Å². The van der Waals surface area contributed by atoms with E-state index in [-0.39, 0.29) is 22.7 Å². The third-order valence-electron chi connectivity index (χ3n) is 5.75. The van der Waals surface area contributed by atoms with E-state index >= 15 is 0 Å². The van der Waals surface area contributed by atoms with Crippen molar-refractivity contribution in [1.82, 2.24) is 0 Å². The minimum atomic E-state index is -1.09. The normalized spacial score (nSPS) is 11.3. The van der Waals surface area contributed by atoms with Crippen molar-refractivity contribution >= 4 is 46.6 Å². The van der Waals surface area contributed by atoms with Gasteiger partial charge in [0.1, 0.15) is 5.25 Å². The van der Waals surface area contributed by atoms with E-state index in [1.165, 1.54) is 48.2 Å². The van der Waals surface area contributed by atoms with Crippen LogP contribution in [-0.4, -0.2) is 27.8 Å². The van der Waals surface area contributed by atoms with Crippen LogP contribution in [0.25, 0.3) is 0 Å². The van der Waals surface area contributed by atoms with Crippen molar-refractivity contribution in [3.63, 3.8) is 0 Å².